The number of ether oxygens (including phenoxy) is 2. The van der Waals surface area contributed by atoms with E-state index in [1.165, 1.54) is 4.90 Å². The highest BCUT2D eigenvalue weighted by Gasteiger charge is 2.44. The highest BCUT2D eigenvalue weighted by Crippen LogP contribution is 2.43. The molecule has 1 N–H and O–H groups in total. The Labute approximate surface area is 183 Å². The number of benzene rings is 2. The van der Waals surface area contributed by atoms with Crippen LogP contribution >= 0.6 is 0 Å². The molecule has 2 aromatic carbocycles. The fourth-order valence-electron chi connectivity index (χ4n) is 3.78. The molecule has 1 atom stereocenters. The second-order valence-corrected chi connectivity index (χ2v) is 7.80. The predicted molar refractivity (Wildman–Crippen MR) is 120 cm³/mol. The van der Waals surface area contributed by atoms with Crippen molar-refractivity contribution in [3.8, 4) is 11.5 Å². The first kappa shape index (κ1) is 22.4. The van der Waals surface area contributed by atoms with Crippen molar-refractivity contribution in [2.24, 2.45) is 5.92 Å². The van der Waals surface area contributed by atoms with Gasteiger partial charge < -0.3 is 14.6 Å². The van der Waals surface area contributed by atoms with Crippen molar-refractivity contribution < 1.29 is 24.2 Å². The monoisotopic (exact) mass is 423 g/mol. The maximum atomic E-state index is 13.2. The van der Waals surface area contributed by atoms with Crippen LogP contribution in [0.5, 0.6) is 11.5 Å². The Kier molecular flexibility index (Phi) is 7.00. The van der Waals surface area contributed by atoms with E-state index >= 15 is 0 Å². The van der Waals surface area contributed by atoms with Crippen molar-refractivity contribution in [1.82, 2.24) is 0 Å². The smallest absolute Gasteiger partial charge is 0.294 e. The lowest BCUT2D eigenvalue weighted by atomic mass is 9.92. The molecular formula is C25H29NO5. The number of hydrogen-bond donors (Lipinski definition) is 1. The average Bonchev–Trinajstić information content (AvgIpc) is 2.99. The van der Waals surface area contributed by atoms with E-state index in [9.17, 15) is 14.7 Å². The number of ketones is 1. The van der Waals surface area contributed by atoms with Crippen LogP contribution in [0.25, 0.3) is 0 Å². The summed E-state index contributed by atoms with van der Waals surface area (Å²) in [5.41, 5.74) is 1.35. The van der Waals surface area contributed by atoms with E-state index in [4.69, 9.17) is 9.47 Å². The standard InChI is InChI=1S/C25H29NO5/c1-5-30-19-11-7-9-17(14-19)23-22(21(27)13-16(3)4)24(28)25(29)26(23)18-10-8-12-20(15-18)31-6-2/h7-12,14-16,23,28H,5-6,13H2,1-4H3. The minimum Gasteiger partial charge on any atom is -0.503 e. The molecule has 0 saturated heterocycles. The van der Waals surface area contributed by atoms with Crippen molar-refractivity contribution in [1.29, 1.82) is 0 Å². The Balaban J connectivity index is 2.14. The fourth-order valence-corrected chi connectivity index (χ4v) is 3.78. The second kappa shape index (κ2) is 9.69. The molecule has 0 saturated carbocycles. The third kappa shape index (κ3) is 4.74. The van der Waals surface area contributed by atoms with Crippen molar-refractivity contribution in [3.63, 3.8) is 0 Å². The van der Waals surface area contributed by atoms with Gasteiger partial charge in [-0.1, -0.05) is 32.0 Å². The SMILES string of the molecule is CCOc1cccc(C2C(C(=O)CC(C)C)=C(O)C(=O)N2c2cccc(OCC)c2)c1. The summed E-state index contributed by atoms with van der Waals surface area (Å²) in [6.07, 6.45) is 0.237. The third-order valence-corrected chi connectivity index (χ3v) is 4.99. The molecule has 0 bridgehead atoms. The Bertz CT molecular complexity index is 995. The molecule has 0 aromatic heterocycles. The van der Waals surface area contributed by atoms with E-state index in [2.05, 4.69) is 0 Å². The lowest BCUT2D eigenvalue weighted by molar-refractivity contribution is -0.118. The van der Waals surface area contributed by atoms with Crippen molar-refractivity contribution in [2.75, 3.05) is 18.1 Å². The van der Waals surface area contributed by atoms with Gasteiger partial charge in [0.2, 0.25) is 0 Å². The largest absolute Gasteiger partial charge is 0.503 e. The summed E-state index contributed by atoms with van der Waals surface area (Å²) in [6.45, 7) is 8.61. The molecule has 0 aliphatic carbocycles. The van der Waals surface area contributed by atoms with E-state index in [0.717, 1.165) is 0 Å². The van der Waals surface area contributed by atoms with Gasteiger partial charge in [-0.3, -0.25) is 14.5 Å². The number of Topliss-reactive ketones (excluding diaryl/α,β-unsaturated/α-hetero) is 1. The van der Waals surface area contributed by atoms with Gasteiger partial charge in [0.15, 0.2) is 11.5 Å². The minimum atomic E-state index is -0.754. The summed E-state index contributed by atoms with van der Waals surface area (Å²) in [6, 6.07) is 13.6. The van der Waals surface area contributed by atoms with E-state index in [1.54, 1.807) is 24.3 Å². The minimum absolute atomic E-state index is 0.0913. The molecule has 1 aliphatic heterocycles. The van der Waals surface area contributed by atoms with Crippen LogP contribution in [0.2, 0.25) is 0 Å². The van der Waals surface area contributed by atoms with Crippen LogP contribution < -0.4 is 14.4 Å². The molecule has 1 aliphatic rings. The number of nitrogens with zero attached hydrogens (tertiary/aromatic N) is 1. The van der Waals surface area contributed by atoms with Crippen LogP contribution in [0, 0.1) is 5.92 Å². The lowest BCUT2D eigenvalue weighted by Gasteiger charge is -2.27. The van der Waals surface area contributed by atoms with Crippen LogP contribution in [-0.4, -0.2) is 30.0 Å². The molecule has 164 valence electrons. The van der Waals surface area contributed by atoms with E-state index in [-0.39, 0.29) is 23.7 Å². The van der Waals surface area contributed by atoms with Gasteiger partial charge in [0.1, 0.15) is 11.5 Å². The van der Waals surface area contributed by atoms with E-state index < -0.39 is 17.7 Å². The van der Waals surface area contributed by atoms with E-state index in [0.29, 0.717) is 36.0 Å². The normalized spacial score (nSPS) is 16.2. The molecule has 1 heterocycles. The molecule has 1 unspecified atom stereocenters. The van der Waals surface area contributed by atoms with Gasteiger partial charge in [0, 0.05) is 18.2 Å². The quantitative estimate of drug-likeness (QED) is 0.614. The van der Waals surface area contributed by atoms with Crippen molar-refractivity contribution >= 4 is 17.4 Å². The summed E-state index contributed by atoms with van der Waals surface area (Å²) in [7, 11) is 0. The maximum Gasteiger partial charge on any atom is 0.294 e. The van der Waals surface area contributed by atoms with Gasteiger partial charge in [0.25, 0.3) is 5.91 Å². The molecule has 0 fully saturated rings. The number of carbonyl (C=O) groups is 2. The summed E-state index contributed by atoms with van der Waals surface area (Å²) >= 11 is 0. The average molecular weight is 424 g/mol. The summed E-state index contributed by atoms with van der Waals surface area (Å²) in [5.74, 6) is -0.00908. The first-order valence-corrected chi connectivity index (χ1v) is 10.6. The van der Waals surface area contributed by atoms with Crippen LogP contribution in [0.3, 0.4) is 0 Å². The van der Waals surface area contributed by atoms with E-state index in [1.807, 2.05) is 52.0 Å². The highest BCUT2D eigenvalue weighted by molar-refractivity contribution is 6.16. The molecular weight excluding hydrogens is 394 g/mol. The molecule has 6 heteroatoms. The Morgan fingerprint density at radius 1 is 1.03 bits per heavy atom. The van der Waals surface area contributed by atoms with Crippen LogP contribution in [0.1, 0.15) is 45.7 Å². The van der Waals surface area contributed by atoms with Crippen LogP contribution in [0.15, 0.2) is 59.9 Å². The molecule has 2 aromatic rings. The molecule has 3 rings (SSSR count). The topological polar surface area (TPSA) is 76.1 Å². The van der Waals surface area contributed by atoms with Crippen molar-refractivity contribution in [3.05, 3.63) is 65.4 Å². The van der Waals surface area contributed by atoms with Gasteiger partial charge in [-0.05, 0) is 49.6 Å². The number of aliphatic hydroxyl groups excluding tert-OH is 1. The molecule has 0 spiro atoms. The summed E-state index contributed by atoms with van der Waals surface area (Å²) in [4.78, 5) is 27.7. The van der Waals surface area contributed by atoms with Gasteiger partial charge in [-0.15, -0.1) is 0 Å². The number of amides is 1. The number of hydrogen-bond acceptors (Lipinski definition) is 5. The summed E-state index contributed by atoms with van der Waals surface area (Å²) in [5, 5.41) is 10.8. The zero-order valence-corrected chi connectivity index (χ0v) is 18.4. The Morgan fingerprint density at radius 3 is 2.26 bits per heavy atom. The number of rotatable bonds is 9. The first-order chi connectivity index (χ1) is 14.9. The first-order valence-electron chi connectivity index (χ1n) is 10.6. The molecule has 6 nitrogen and oxygen atoms in total. The molecule has 1 amide bonds. The maximum absolute atomic E-state index is 13.2. The summed E-state index contributed by atoms with van der Waals surface area (Å²) < 4.78 is 11.2. The third-order valence-electron chi connectivity index (χ3n) is 4.99. The van der Waals surface area contributed by atoms with Gasteiger partial charge >= 0.3 is 0 Å². The fraction of sp³-hybridized carbons (Fsp3) is 0.360. The predicted octanol–water partition coefficient (Wildman–Crippen LogP) is 5.00. The van der Waals surface area contributed by atoms with Crippen LogP contribution in [0.4, 0.5) is 5.69 Å². The van der Waals surface area contributed by atoms with Crippen LogP contribution in [-0.2, 0) is 9.59 Å². The number of anilines is 1. The second-order valence-electron chi connectivity index (χ2n) is 7.80. The number of carbonyl (C=O) groups excluding carboxylic acids is 2. The Morgan fingerprint density at radius 2 is 1.65 bits per heavy atom. The zero-order valence-electron chi connectivity index (χ0n) is 18.4. The zero-order chi connectivity index (χ0) is 22.5. The Hall–Kier alpha value is -3.28. The lowest BCUT2D eigenvalue weighted by Crippen LogP contribution is -2.31. The number of aliphatic hydroxyl groups is 1. The van der Waals surface area contributed by atoms with Gasteiger partial charge in [-0.25, -0.2) is 0 Å². The van der Waals surface area contributed by atoms with Gasteiger partial charge in [-0.2, -0.15) is 0 Å². The van der Waals surface area contributed by atoms with Crippen molar-refractivity contribution in [2.45, 2.75) is 40.2 Å². The molecule has 0 radical (unpaired) electrons. The molecule has 31 heavy (non-hydrogen) atoms. The highest BCUT2D eigenvalue weighted by atomic mass is 16.5. The van der Waals surface area contributed by atoms with Gasteiger partial charge in [0.05, 0.1) is 24.8 Å².